The van der Waals surface area contributed by atoms with Gasteiger partial charge in [-0.2, -0.15) is 0 Å². The van der Waals surface area contributed by atoms with E-state index in [4.69, 9.17) is 14.2 Å². The fourth-order valence-corrected chi connectivity index (χ4v) is 4.57. The maximum absolute atomic E-state index is 13.0. The van der Waals surface area contributed by atoms with E-state index in [0.717, 1.165) is 11.3 Å². The van der Waals surface area contributed by atoms with Crippen LogP contribution in [0.4, 0.5) is 0 Å². The van der Waals surface area contributed by atoms with Gasteiger partial charge < -0.3 is 24.4 Å². The van der Waals surface area contributed by atoms with Crippen LogP contribution in [0, 0.1) is 0 Å². The summed E-state index contributed by atoms with van der Waals surface area (Å²) in [6.07, 6.45) is 0.179. The third-order valence-corrected chi connectivity index (χ3v) is 5.82. The van der Waals surface area contributed by atoms with Crippen LogP contribution in [0.5, 0.6) is 11.5 Å². The molecule has 1 atom stereocenters. The zero-order valence-corrected chi connectivity index (χ0v) is 19.2. The Hall–Kier alpha value is -2.94. The van der Waals surface area contributed by atoms with Gasteiger partial charge in [0.1, 0.15) is 0 Å². The van der Waals surface area contributed by atoms with Crippen LogP contribution in [-0.2, 0) is 14.3 Å². The molecule has 0 saturated carbocycles. The molecule has 2 aliphatic heterocycles. The van der Waals surface area contributed by atoms with Crippen molar-refractivity contribution in [3.63, 3.8) is 0 Å². The van der Waals surface area contributed by atoms with Gasteiger partial charge in [0.05, 0.1) is 44.6 Å². The van der Waals surface area contributed by atoms with E-state index < -0.39 is 12.0 Å². The summed E-state index contributed by atoms with van der Waals surface area (Å²) in [5.74, 6) is 0.608. The smallest absolute Gasteiger partial charge is 0.338 e. The number of aliphatic imine (C=N–C) groups is 1. The molecule has 0 aliphatic carbocycles. The lowest BCUT2D eigenvalue weighted by Gasteiger charge is -2.36. The van der Waals surface area contributed by atoms with E-state index in [9.17, 15) is 9.59 Å². The Morgan fingerprint density at radius 3 is 2.58 bits per heavy atom. The van der Waals surface area contributed by atoms with Crippen molar-refractivity contribution in [2.75, 3.05) is 27.4 Å². The van der Waals surface area contributed by atoms with Gasteiger partial charge in [-0.1, -0.05) is 17.8 Å². The van der Waals surface area contributed by atoms with Crippen molar-refractivity contribution in [3.8, 4) is 11.5 Å². The number of ether oxygens (including phenoxy) is 3. The molecule has 166 valence electrons. The van der Waals surface area contributed by atoms with Crippen molar-refractivity contribution in [2.45, 2.75) is 33.2 Å². The summed E-state index contributed by atoms with van der Waals surface area (Å²) >= 11 is 1.43. The predicted molar refractivity (Wildman–Crippen MR) is 120 cm³/mol. The molecule has 8 nitrogen and oxygen atoms in total. The number of esters is 1. The molecule has 1 N–H and O–H groups in total. The molecule has 1 aromatic carbocycles. The molecule has 0 aromatic heterocycles. The first-order chi connectivity index (χ1) is 14.9. The fourth-order valence-electron chi connectivity index (χ4n) is 3.60. The van der Waals surface area contributed by atoms with Crippen LogP contribution < -0.4 is 14.8 Å². The van der Waals surface area contributed by atoms with Crippen LogP contribution in [0.3, 0.4) is 0 Å². The monoisotopic (exact) mass is 445 g/mol. The van der Waals surface area contributed by atoms with Crippen molar-refractivity contribution in [1.29, 1.82) is 0 Å². The quantitative estimate of drug-likeness (QED) is 0.614. The summed E-state index contributed by atoms with van der Waals surface area (Å²) in [7, 11) is 3.14. The Morgan fingerprint density at radius 1 is 1.19 bits per heavy atom. The number of hydrogen-bond donors (Lipinski definition) is 1. The number of hydrogen-bond acceptors (Lipinski definition) is 8. The molecule has 2 aliphatic rings. The first-order valence-corrected chi connectivity index (χ1v) is 10.9. The first-order valence-electron chi connectivity index (χ1n) is 10.0. The zero-order valence-electron chi connectivity index (χ0n) is 18.4. The van der Waals surface area contributed by atoms with Gasteiger partial charge >= 0.3 is 5.97 Å². The largest absolute Gasteiger partial charge is 0.493 e. The molecule has 0 fully saturated rings. The number of methoxy groups -OCH3 is 2. The van der Waals surface area contributed by atoms with E-state index in [1.807, 2.05) is 29.4 Å². The maximum atomic E-state index is 13.0. The Kier molecular flexibility index (Phi) is 7.27. The molecular weight excluding hydrogens is 418 g/mol. The third kappa shape index (κ3) is 4.56. The van der Waals surface area contributed by atoms with Crippen molar-refractivity contribution >= 4 is 28.8 Å². The molecule has 0 radical (unpaired) electrons. The topological polar surface area (TPSA) is 89.5 Å². The molecule has 1 amide bonds. The van der Waals surface area contributed by atoms with E-state index in [0.29, 0.717) is 34.5 Å². The molecule has 1 aromatic rings. The van der Waals surface area contributed by atoms with Crippen LogP contribution in [0.2, 0.25) is 0 Å². The lowest BCUT2D eigenvalue weighted by atomic mass is 9.93. The minimum absolute atomic E-state index is 0.0920. The second-order valence-corrected chi connectivity index (χ2v) is 7.69. The average molecular weight is 446 g/mol. The van der Waals surface area contributed by atoms with E-state index in [1.54, 1.807) is 34.1 Å². The van der Waals surface area contributed by atoms with Gasteiger partial charge in [-0.15, -0.1) is 0 Å². The summed E-state index contributed by atoms with van der Waals surface area (Å²) in [6.45, 7) is 6.24. The Morgan fingerprint density at radius 2 is 1.94 bits per heavy atom. The molecule has 0 spiro atoms. The number of amides is 1. The minimum Gasteiger partial charge on any atom is -0.493 e. The third-order valence-electron chi connectivity index (χ3n) is 4.93. The van der Waals surface area contributed by atoms with Crippen LogP contribution in [0.1, 0.15) is 38.8 Å². The van der Waals surface area contributed by atoms with Gasteiger partial charge in [0.2, 0.25) is 5.91 Å². The number of carbonyl (C=O) groups excluding carboxylic acids is 2. The second kappa shape index (κ2) is 9.91. The highest BCUT2D eigenvalue weighted by atomic mass is 32.2. The van der Waals surface area contributed by atoms with E-state index in [-0.39, 0.29) is 18.9 Å². The highest BCUT2D eigenvalue weighted by Crippen LogP contribution is 2.46. The minimum atomic E-state index is -0.512. The molecule has 1 unspecified atom stereocenters. The molecule has 9 heteroatoms. The highest BCUT2D eigenvalue weighted by Gasteiger charge is 2.41. The van der Waals surface area contributed by atoms with Crippen molar-refractivity contribution in [3.05, 3.63) is 46.1 Å². The van der Waals surface area contributed by atoms with Crippen LogP contribution in [0.15, 0.2) is 45.6 Å². The van der Waals surface area contributed by atoms with Gasteiger partial charge in [0.25, 0.3) is 0 Å². The zero-order chi connectivity index (χ0) is 22.5. The number of allylic oxidation sites excluding steroid dienone is 1. The van der Waals surface area contributed by atoms with E-state index in [1.165, 1.54) is 11.8 Å². The van der Waals surface area contributed by atoms with Crippen molar-refractivity contribution in [1.82, 2.24) is 10.2 Å². The number of rotatable bonds is 8. The predicted octanol–water partition coefficient (Wildman–Crippen LogP) is 3.37. The lowest BCUT2D eigenvalue weighted by molar-refractivity contribution is -0.139. The van der Waals surface area contributed by atoms with Crippen LogP contribution in [0.25, 0.3) is 0 Å². The van der Waals surface area contributed by atoms with Gasteiger partial charge in [0, 0.05) is 12.2 Å². The Balaban J connectivity index is 2.11. The normalized spacial score (nSPS) is 17.6. The number of nitrogens with one attached hydrogen (secondary N) is 1. The number of benzene rings is 1. The van der Waals surface area contributed by atoms with Crippen molar-refractivity contribution in [2.24, 2.45) is 4.99 Å². The number of thioether (sulfide) groups is 1. The highest BCUT2D eigenvalue weighted by molar-refractivity contribution is 8.16. The summed E-state index contributed by atoms with van der Waals surface area (Å²) in [5, 5.41) is 5.44. The molecule has 31 heavy (non-hydrogen) atoms. The summed E-state index contributed by atoms with van der Waals surface area (Å²) in [5.41, 5.74) is 2.59. The number of fused-ring (bicyclic) bond motifs is 1. The molecule has 0 saturated heterocycles. The van der Waals surface area contributed by atoms with Gasteiger partial charge in [0.15, 0.2) is 16.7 Å². The number of amidine groups is 1. The maximum Gasteiger partial charge on any atom is 0.338 e. The van der Waals surface area contributed by atoms with Gasteiger partial charge in [-0.25, -0.2) is 9.79 Å². The van der Waals surface area contributed by atoms with E-state index >= 15 is 0 Å². The summed E-state index contributed by atoms with van der Waals surface area (Å²) in [6, 6.07) is 5.01. The first kappa shape index (κ1) is 22.7. The molecule has 2 heterocycles. The van der Waals surface area contributed by atoms with E-state index in [2.05, 4.69) is 10.3 Å². The standard InChI is InChI=1S/C22H27N3O5S/c1-6-23-18(26)11-15-12-31-22-24-13(3)19(21(27)30-7-2)20(25(15)22)14-8-9-16(28-4)17(10-14)29-5/h8-10,12,20H,6-7,11H2,1-5H3,(H,23,26). The molecule has 3 rings (SSSR count). The Bertz CT molecular complexity index is 970. The second-order valence-electron chi connectivity index (χ2n) is 6.86. The fraction of sp³-hybridized carbons (Fsp3) is 0.409. The number of nitrogens with zero attached hydrogens (tertiary/aromatic N) is 2. The SMILES string of the molecule is CCNC(=O)CC1=CSC2=NC(C)=C(C(=O)OCC)C(c3ccc(OC)c(OC)c3)N12. The molecule has 0 bridgehead atoms. The molecular formula is C22H27N3O5S. The summed E-state index contributed by atoms with van der Waals surface area (Å²) < 4.78 is 16.2. The lowest BCUT2D eigenvalue weighted by Crippen LogP contribution is -2.38. The van der Waals surface area contributed by atoms with Gasteiger partial charge in [-0.05, 0) is 43.9 Å². The van der Waals surface area contributed by atoms with Crippen LogP contribution >= 0.6 is 11.8 Å². The summed E-state index contributed by atoms with van der Waals surface area (Å²) in [4.78, 5) is 31.8. The number of carbonyl (C=O) groups is 2. The van der Waals surface area contributed by atoms with Gasteiger partial charge in [-0.3, -0.25) is 4.79 Å². The average Bonchev–Trinajstić information content (AvgIpc) is 3.14. The van der Waals surface area contributed by atoms with Crippen LogP contribution in [-0.4, -0.2) is 49.3 Å². The van der Waals surface area contributed by atoms with Crippen molar-refractivity contribution < 1.29 is 23.8 Å². The Labute approximate surface area is 186 Å².